The van der Waals surface area contributed by atoms with Gasteiger partial charge in [-0.2, -0.15) is 0 Å². The van der Waals surface area contributed by atoms with Crippen LogP contribution in [0.3, 0.4) is 0 Å². The van der Waals surface area contributed by atoms with E-state index in [1.165, 1.54) is 17.4 Å². The molecule has 0 aromatic heterocycles. The number of nitrogens with two attached hydrogens (primary N) is 1. The number of hydrogen-bond acceptors (Lipinski definition) is 4. The highest BCUT2D eigenvalue weighted by molar-refractivity contribution is 7.89. The molecule has 0 heterocycles. The van der Waals surface area contributed by atoms with Gasteiger partial charge in [0.15, 0.2) is 0 Å². The second-order valence-corrected chi connectivity index (χ2v) is 6.02. The standard InChI is InChI=1S/C11H18N2O3S/c1-9(14)7-8-13(2)17(15,16)11-6-4-3-5-10(11)12/h3-6,9,14H,7-8,12H2,1-2H3. The molecule has 0 saturated heterocycles. The second-order valence-electron chi connectivity index (χ2n) is 4.00. The SMILES string of the molecule is CC(O)CCN(C)S(=O)(=O)c1ccccc1N. The molecule has 5 nitrogen and oxygen atoms in total. The molecule has 3 N–H and O–H groups in total. The van der Waals surface area contributed by atoms with Crippen LogP contribution in [0.4, 0.5) is 5.69 Å². The molecule has 17 heavy (non-hydrogen) atoms. The van der Waals surface area contributed by atoms with Crippen LogP contribution in [0.5, 0.6) is 0 Å². The number of nitrogens with zero attached hydrogens (tertiary/aromatic N) is 1. The van der Waals surface area contributed by atoms with Crippen molar-refractivity contribution in [3.63, 3.8) is 0 Å². The Morgan fingerprint density at radius 2 is 2.00 bits per heavy atom. The van der Waals surface area contributed by atoms with Gasteiger partial charge in [-0.1, -0.05) is 12.1 Å². The fourth-order valence-corrected chi connectivity index (χ4v) is 2.67. The summed E-state index contributed by atoms with van der Waals surface area (Å²) in [6.07, 6.45) is -0.136. The molecule has 0 aliphatic rings. The van der Waals surface area contributed by atoms with Gasteiger partial charge in [0.25, 0.3) is 0 Å². The summed E-state index contributed by atoms with van der Waals surface area (Å²) in [5.74, 6) is 0. The van der Waals surface area contributed by atoms with Crippen LogP contribution in [0.2, 0.25) is 0 Å². The van der Waals surface area contributed by atoms with Gasteiger partial charge in [0.05, 0.1) is 11.8 Å². The highest BCUT2D eigenvalue weighted by Gasteiger charge is 2.22. The van der Waals surface area contributed by atoms with E-state index in [1.54, 1.807) is 25.1 Å². The second kappa shape index (κ2) is 5.48. The van der Waals surface area contributed by atoms with E-state index in [2.05, 4.69) is 0 Å². The molecule has 0 aliphatic carbocycles. The van der Waals surface area contributed by atoms with E-state index >= 15 is 0 Å². The van der Waals surface area contributed by atoms with Crippen LogP contribution in [0.1, 0.15) is 13.3 Å². The fraction of sp³-hybridized carbons (Fsp3) is 0.455. The van der Waals surface area contributed by atoms with Gasteiger partial charge in [-0.3, -0.25) is 0 Å². The van der Waals surface area contributed by atoms with Crippen molar-refractivity contribution in [2.45, 2.75) is 24.3 Å². The van der Waals surface area contributed by atoms with Crippen LogP contribution in [0, 0.1) is 0 Å². The highest BCUT2D eigenvalue weighted by atomic mass is 32.2. The first-order valence-corrected chi connectivity index (χ1v) is 6.78. The lowest BCUT2D eigenvalue weighted by Gasteiger charge is -2.18. The summed E-state index contributed by atoms with van der Waals surface area (Å²) in [7, 11) is -2.09. The number of nitrogen functional groups attached to an aromatic ring is 1. The van der Waals surface area contributed by atoms with Crippen LogP contribution in [0.25, 0.3) is 0 Å². The highest BCUT2D eigenvalue weighted by Crippen LogP contribution is 2.20. The molecule has 6 heteroatoms. The molecular formula is C11H18N2O3S. The van der Waals surface area contributed by atoms with Gasteiger partial charge >= 0.3 is 0 Å². The Balaban J connectivity index is 2.92. The average molecular weight is 258 g/mol. The maximum atomic E-state index is 12.1. The van der Waals surface area contributed by atoms with Crippen LogP contribution in [-0.4, -0.2) is 37.5 Å². The lowest BCUT2D eigenvalue weighted by atomic mass is 10.3. The minimum absolute atomic E-state index is 0.105. The van der Waals surface area contributed by atoms with Crippen molar-refractivity contribution >= 4 is 15.7 Å². The zero-order valence-electron chi connectivity index (χ0n) is 10.00. The van der Waals surface area contributed by atoms with Crippen LogP contribution >= 0.6 is 0 Å². The number of sulfonamides is 1. The maximum absolute atomic E-state index is 12.1. The molecule has 1 aromatic carbocycles. The Morgan fingerprint density at radius 1 is 1.41 bits per heavy atom. The van der Waals surface area contributed by atoms with Crippen LogP contribution in [0.15, 0.2) is 29.2 Å². The monoisotopic (exact) mass is 258 g/mol. The Hall–Kier alpha value is -1.11. The third kappa shape index (κ3) is 3.42. The van der Waals surface area contributed by atoms with Crippen molar-refractivity contribution in [2.24, 2.45) is 0 Å². The summed E-state index contributed by atoms with van der Waals surface area (Å²) in [5.41, 5.74) is 5.88. The fourth-order valence-electron chi connectivity index (χ4n) is 1.37. The summed E-state index contributed by atoms with van der Waals surface area (Å²) >= 11 is 0. The first kappa shape index (κ1) is 14.0. The molecule has 0 spiro atoms. The molecule has 0 bridgehead atoms. The van der Waals surface area contributed by atoms with E-state index in [0.717, 1.165) is 0 Å². The zero-order chi connectivity index (χ0) is 13.1. The molecule has 0 saturated carbocycles. The molecule has 0 amide bonds. The molecule has 0 fully saturated rings. The van der Waals surface area contributed by atoms with Gasteiger partial charge < -0.3 is 10.8 Å². The molecule has 1 unspecified atom stereocenters. The normalized spacial score (nSPS) is 13.9. The molecular weight excluding hydrogens is 240 g/mol. The number of aliphatic hydroxyl groups is 1. The van der Waals surface area contributed by atoms with Gasteiger partial charge in [-0.15, -0.1) is 0 Å². The predicted molar refractivity (Wildman–Crippen MR) is 67.0 cm³/mol. The van der Waals surface area contributed by atoms with Crippen molar-refractivity contribution in [1.29, 1.82) is 0 Å². The number of para-hydroxylation sites is 1. The van der Waals surface area contributed by atoms with Gasteiger partial charge in [0.1, 0.15) is 4.90 Å². The Bertz CT molecular complexity index is 471. The molecule has 96 valence electrons. The van der Waals surface area contributed by atoms with Gasteiger partial charge in [-0.25, -0.2) is 12.7 Å². The minimum atomic E-state index is -3.57. The van der Waals surface area contributed by atoms with Gasteiger partial charge in [-0.05, 0) is 25.5 Å². The average Bonchev–Trinajstić information content (AvgIpc) is 2.26. The van der Waals surface area contributed by atoms with Crippen molar-refractivity contribution in [3.05, 3.63) is 24.3 Å². The first-order chi connectivity index (χ1) is 7.85. The summed E-state index contributed by atoms with van der Waals surface area (Å²) in [6, 6.07) is 6.34. The van der Waals surface area contributed by atoms with Gasteiger partial charge in [0, 0.05) is 13.6 Å². The minimum Gasteiger partial charge on any atom is -0.398 e. The van der Waals surface area contributed by atoms with E-state index in [9.17, 15) is 8.42 Å². The maximum Gasteiger partial charge on any atom is 0.244 e. The van der Waals surface area contributed by atoms with E-state index in [1.807, 2.05) is 0 Å². The molecule has 1 aromatic rings. The summed E-state index contributed by atoms with van der Waals surface area (Å²) in [5, 5.41) is 9.15. The lowest BCUT2D eigenvalue weighted by Crippen LogP contribution is -2.30. The largest absolute Gasteiger partial charge is 0.398 e. The number of aliphatic hydroxyl groups excluding tert-OH is 1. The zero-order valence-corrected chi connectivity index (χ0v) is 10.8. The quantitative estimate of drug-likeness (QED) is 0.760. The first-order valence-electron chi connectivity index (χ1n) is 5.34. The molecule has 1 rings (SSSR count). The number of benzene rings is 1. The van der Waals surface area contributed by atoms with Crippen molar-refractivity contribution in [2.75, 3.05) is 19.3 Å². The third-order valence-corrected chi connectivity index (χ3v) is 4.40. The van der Waals surface area contributed by atoms with E-state index in [0.29, 0.717) is 6.42 Å². The lowest BCUT2D eigenvalue weighted by molar-refractivity contribution is 0.177. The van der Waals surface area contributed by atoms with E-state index < -0.39 is 16.1 Å². The van der Waals surface area contributed by atoms with Gasteiger partial charge in [0.2, 0.25) is 10.0 Å². The molecule has 1 atom stereocenters. The molecule has 0 aliphatic heterocycles. The Kier molecular flexibility index (Phi) is 4.50. The summed E-state index contributed by atoms with van der Waals surface area (Å²) in [4.78, 5) is 0.105. The Labute approximate surface area is 102 Å². The number of anilines is 1. The number of rotatable bonds is 5. The van der Waals surface area contributed by atoms with Crippen molar-refractivity contribution in [3.8, 4) is 0 Å². The smallest absolute Gasteiger partial charge is 0.244 e. The third-order valence-electron chi connectivity index (χ3n) is 2.47. The van der Waals surface area contributed by atoms with Crippen LogP contribution < -0.4 is 5.73 Å². The van der Waals surface area contributed by atoms with E-state index in [4.69, 9.17) is 10.8 Å². The Morgan fingerprint density at radius 3 is 2.53 bits per heavy atom. The summed E-state index contributed by atoms with van der Waals surface area (Å²) in [6.45, 7) is 1.88. The molecule has 0 radical (unpaired) electrons. The number of hydrogen-bond donors (Lipinski definition) is 2. The van der Waals surface area contributed by atoms with E-state index in [-0.39, 0.29) is 17.1 Å². The van der Waals surface area contributed by atoms with Crippen molar-refractivity contribution in [1.82, 2.24) is 4.31 Å². The van der Waals surface area contributed by atoms with Crippen molar-refractivity contribution < 1.29 is 13.5 Å². The topological polar surface area (TPSA) is 83.6 Å². The predicted octanol–water partition coefficient (Wildman–Crippen LogP) is 0.660. The summed E-state index contributed by atoms with van der Waals surface area (Å²) < 4.78 is 25.5. The van der Waals surface area contributed by atoms with Crippen LogP contribution in [-0.2, 0) is 10.0 Å².